The Morgan fingerprint density at radius 1 is 1.37 bits per heavy atom. The van der Waals surface area contributed by atoms with Crippen LogP contribution < -0.4 is 10.5 Å². The number of carboxylic acids is 1. The van der Waals surface area contributed by atoms with E-state index < -0.39 is 21.9 Å². The van der Waals surface area contributed by atoms with Crippen LogP contribution in [-0.4, -0.2) is 36.9 Å². The number of aryl methyl sites for hydroxylation is 1. The molecule has 0 atom stereocenters. The molecule has 0 fully saturated rings. The smallest absolute Gasteiger partial charge is 0.352 e. The number of sulfonamides is 1. The third kappa shape index (κ3) is 3.32. The third-order valence-electron chi connectivity index (χ3n) is 2.51. The lowest BCUT2D eigenvalue weighted by Crippen LogP contribution is -2.28. The van der Waals surface area contributed by atoms with Crippen molar-refractivity contribution in [2.45, 2.75) is 25.2 Å². The number of rotatable bonds is 6. The molecular weight excluding hydrogens is 274 g/mol. The van der Waals surface area contributed by atoms with Gasteiger partial charge in [0.1, 0.15) is 10.6 Å². The summed E-state index contributed by atoms with van der Waals surface area (Å²) in [4.78, 5) is 23.9. The minimum atomic E-state index is -3.88. The molecule has 1 aromatic rings. The van der Waals surface area contributed by atoms with Crippen LogP contribution in [0.3, 0.4) is 0 Å². The maximum atomic E-state index is 12.0. The number of hydrogen-bond donors (Lipinski definition) is 4. The summed E-state index contributed by atoms with van der Waals surface area (Å²) in [6.07, 6.45) is -0.131. The van der Waals surface area contributed by atoms with Crippen LogP contribution in [-0.2, 0) is 14.8 Å². The molecule has 1 rings (SSSR count). The Morgan fingerprint density at radius 3 is 2.37 bits per heavy atom. The van der Waals surface area contributed by atoms with Crippen LogP contribution in [0.5, 0.6) is 0 Å². The van der Waals surface area contributed by atoms with Crippen LogP contribution in [0.15, 0.2) is 4.90 Å². The zero-order valence-corrected chi connectivity index (χ0v) is 11.3. The van der Waals surface area contributed by atoms with Gasteiger partial charge in [-0.05, 0) is 13.8 Å². The predicted octanol–water partition coefficient (Wildman–Crippen LogP) is -0.517. The number of primary amides is 1. The topological polar surface area (TPSA) is 142 Å². The standard InChI is InChI=1S/C10H15N3O5S/c1-5-8(10(15)16)13-6(2)9(5)19(17,18)12-4-3-7(11)14/h12-13H,3-4H2,1-2H3,(H2,11,14)(H,15,16). The van der Waals surface area contributed by atoms with Gasteiger partial charge in [-0.2, -0.15) is 0 Å². The van der Waals surface area contributed by atoms with Crippen LogP contribution in [0.1, 0.15) is 28.2 Å². The second-order valence-corrected chi connectivity index (χ2v) is 5.70. The van der Waals surface area contributed by atoms with Crippen molar-refractivity contribution in [1.29, 1.82) is 0 Å². The summed E-state index contributed by atoms with van der Waals surface area (Å²) in [5.41, 5.74) is 5.08. The number of hydrogen-bond acceptors (Lipinski definition) is 4. The Kier molecular flexibility index (Phi) is 4.32. The number of aromatic nitrogens is 1. The summed E-state index contributed by atoms with van der Waals surface area (Å²) in [6.45, 7) is 2.72. The second kappa shape index (κ2) is 5.41. The summed E-state index contributed by atoms with van der Waals surface area (Å²) >= 11 is 0. The highest BCUT2D eigenvalue weighted by atomic mass is 32.2. The van der Waals surface area contributed by atoms with Crippen LogP contribution in [0.4, 0.5) is 0 Å². The van der Waals surface area contributed by atoms with Crippen molar-refractivity contribution in [2.75, 3.05) is 6.54 Å². The molecule has 0 unspecified atom stereocenters. The summed E-state index contributed by atoms with van der Waals surface area (Å²) in [5, 5.41) is 8.91. The number of nitrogens with one attached hydrogen (secondary N) is 2. The first-order chi connectivity index (χ1) is 8.66. The third-order valence-corrected chi connectivity index (χ3v) is 4.25. The summed E-state index contributed by atoms with van der Waals surface area (Å²) < 4.78 is 26.2. The molecule has 1 aromatic heterocycles. The van der Waals surface area contributed by atoms with Gasteiger partial charge in [0.2, 0.25) is 15.9 Å². The normalized spacial score (nSPS) is 11.5. The lowest BCUT2D eigenvalue weighted by Gasteiger charge is -2.06. The van der Waals surface area contributed by atoms with E-state index >= 15 is 0 Å². The van der Waals surface area contributed by atoms with E-state index in [1.54, 1.807) is 0 Å². The van der Waals surface area contributed by atoms with E-state index in [0.29, 0.717) is 0 Å². The van der Waals surface area contributed by atoms with E-state index in [-0.39, 0.29) is 34.8 Å². The van der Waals surface area contributed by atoms with Gasteiger partial charge in [-0.1, -0.05) is 0 Å². The zero-order valence-electron chi connectivity index (χ0n) is 10.5. The molecule has 1 heterocycles. The Hall–Kier alpha value is -1.87. The number of aromatic carboxylic acids is 1. The average molecular weight is 289 g/mol. The van der Waals surface area contributed by atoms with Gasteiger partial charge < -0.3 is 15.8 Å². The van der Waals surface area contributed by atoms with Crippen LogP contribution in [0.25, 0.3) is 0 Å². The number of carbonyl (C=O) groups excluding carboxylic acids is 1. The van der Waals surface area contributed by atoms with E-state index in [0.717, 1.165) is 0 Å². The number of aromatic amines is 1. The number of amides is 1. The highest BCUT2D eigenvalue weighted by Gasteiger charge is 2.25. The molecule has 0 saturated carbocycles. The van der Waals surface area contributed by atoms with E-state index in [9.17, 15) is 18.0 Å². The molecule has 1 amide bonds. The zero-order chi connectivity index (χ0) is 14.8. The first-order valence-corrected chi connectivity index (χ1v) is 6.85. The Labute approximate surface area is 110 Å². The fourth-order valence-electron chi connectivity index (χ4n) is 1.73. The molecule has 0 spiro atoms. The molecule has 19 heavy (non-hydrogen) atoms. The highest BCUT2D eigenvalue weighted by molar-refractivity contribution is 7.89. The first kappa shape index (κ1) is 15.2. The molecule has 9 heteroatoms. The van der Waals surface area contributed by atoms with Crippen molar-refractivity contribution in [3.63, 3.8) is 0 Å². The van der Waals surface area contributed by atoms with Gasteiger partial charge in [-0.15, -0.1) is 0 Å². The molecule has 0 bridgehead atoms. The van der Waals surface area contributed by atoms with E-state index in [1.807, 2.05) is 0 Å². The molecule has 0 radical (unpaired) electrons. The van der Waals surface area contributed by atoms with Gasteiger partial charge in [0.15, 0.2) is 0 Å². The van der Waals surface area contributed by atoms with Gasteiger partial charge in [0, 0.05) is 24.2 Å². The monoisotopic (exact) mass is 289 g/mol. The molecule has 0 aliphatic rings. The number of H-pyrrole nitrogens is 1. The van der Waals surface area contributed by atoms with Crippen molar-refractivity contribution in [3.8, 4) is 0 Å². The van der Waals surface area contributed by atoms with E-state index in [1.165, 1.54) is 13.8 Å². The maximum Gasteiger partial charge on any atom is 0.352 e. The van der Waals surface area contributed by atoms with Crippen molar-refractivity contribution in [1.82, 2.24) is 9.71 Å². The molecule has 106 valence electrons. The number of carbonyl (C=O) groups is 2. The number of carboxylic acid groups (broad SMARTS) is 1. The van der Waals surface area contributed by atoms with Gasteiger partial charge in [0.05, 0.1) is 0 Å². The molecule has 0 aliphatic heterocycles. The lowest BCUT2D eigenvalue weighted by atomic mass is 10.2. The molecular formula is C10H15N3O5S. The first-order valence-electron chi connectivity index (χ1n) is 5.37. The van der Waals surface area contributed by atoms with Crippen LogP contribution >= 0.6 is 0 Å². The Balaban J connectivity index is 3.08. The second-order valence-electron chi connectivity index (χ2n) is 4.00. The quantitative estimate of drug-likeness (QED) is 0.557. The average Bonchev–Trinajstić information content (AvgIpc) is 2.53. The number of nitrogens with two attached hydrogens (primary N) is 1. The summed E-state index contributed by atoms with van der Waals surface area (Å²) in [7, 11) is -3.88. The summed E-state index contributed by atoms with van der Waals surface area (Å²) in [5.74, 6) is -1.87. The van der Waals surface area contributed by atoms with Gasteiger partial charge in [-0.3, -0.25) is 4.79 Å². The van der Waals surface area contributed by atoms with Crippen molar-refractivity contribution < 1.29 is 23.1 Å². The molecule has 0 aliphatic carbocycles. The van der Waals surface area contributed by atoms with Crippen molar-refractivity contribution in [3.05, 3.63) is 17.0 Å². The molecule has 8 nitrogen and oxygen atoms in total. The van der Waals surface area contributed by atoms with Crippen LogP contribution in [0.2, 0.25) is 0 Å². The minimum absolute atomic E-state index is 0.116. The van der Waals surface area contributed by atoms with E-state index in [2.05, 4.69) is 9.71 Å². The lowest BCUT2D eigenvalue weighted by molar-refractivity contribution is -0.117. The van der Waals surface area contributed by atoms with Gasteiger partial charge >= 0.3 is 5.97 Å². The molecule has 0 saturated heterocycles. The molecule has 0 aromatic carbocycles. The highest BCUT2D eigenvalue weighted by Crippen LogP contribution is 2.22. The Morgan fingerprint density at radius 2 is 1.95 bits per heavy atom. The minimum Gasteiger partial charge on any atom is -0.477 e. The fraction of sp³-hybridized carbons (Fsp3) is 0.400. The summed E-state index contributed by atoms with van der Waals surface area (Å²) in [6, 6.07) is 0. The predicted molar refractivity (Wildman–Crippen MR) is 66.2 cm³/mol. The van der Waals surface area contributed by atoms with Crippen molar-refractivity contribution in [2.24, 2.45) is 5.73 Å². The SMILES string of the molecule is Cc1[nH]c(C(=O)O)c(C)c1S(=O)(=O)NCCC(N)=O. The molecule has 5 N–H and O–H groups in total. The van der Waals surface area contributed by atoms with Crippen LogP contribution in [0, 0.1) is 13.8 Å². The van der Waals surface area contributed by atoms with Gasteiger partial charge in [0.25, 0.3) is 0 Å². The maximum absolute atomic E-state index is 12.0. The largest absolute Gasteiger partial charge is 0.477 e. The van der Waals surface area contributed by atoms with Gasteiger partial charge in [-0.25, -0.2) is 17.9 Å². The fourth-order valence-corrected chi connectivity index (χ4v) is 3.20. The Bertz CT molecular complexity index is 617. The van der Waals surface area contributed by atoms with Crippen molar-refractivity contribution >= 4 is 21.9 Å². The van der Waals surface area contributed by atoms with E-state index in [4.69, 9.17) is 10.8 Å².